The maximum absolute atomic E-state index is 10.8. The molecule has 3 atom stereocenters. The van der Waals surface area contributed by atoms with E-state index in [2.05, 4.69) is 38.1 Å². The van der Waals surface area contributed by atoms with Crippen molar-refractivity contribution in [2.24, 2.45) is 0 Å². The molecule has 0 amide bonds. The number of aliphatic carboxylic acids is 1. The molecule has 3 aliphatic heterocycles. The van der Waals surface area contributed by atoms with Gasteiger partial charge in [0.2, 0.25) is 0 Å². The lowest BCUT2D eigenvalue weighted by Gasteiger charge is -2.32. The quantitative estimate of drug-likeness (QED) is 0.530. The lowest BCUT2D eigenvalue weighted by molar-refractivity contribution is -0.140. The van der Waals surface area contributed by atoms with Crippen LogP contribution in [0.1, 0.15) is 31.2 Å². The molecule has 9 nitrogen and oxygen atoms in total. The summed E-state index contributed by atoms with van der Waals surface area (Å²) in [4.78, 5) is 15.1. The Morgan fingerprint density at radius 3 is 2.97 bits per heavy atom. The number of carbonyl (C=O) groups is 1. The fourth-order valence-corrected chi connectivity index (χ4v) is 5.43. The van der Waals surface area contributed by atoms with Crippen molar-refractivity contribution in [3.05, 3.63) is 59.3 Å². The van der Waals surface area contributed by atoms with E-state index >= 15 is 0 Å². The van der Waals surface area contributed by atoms with E-state index in [1.165, 1.54) is 5.69 Å². The molecule has 4 aliphatic rings. The van der Waals surface area contributed by atoms with Gasteiger partial charge in [-0.1, -0.05) is 13.0 Å². The second-order valence-electron chi connectivity index (χ2n) is 9.25. The largest absolute Gasteiger partial charge is 0.482 e. The number of fused-ring (bicyclic) bond motifs is 3. The molecular formula is C24H31N5O4. The maximum atomic E-state index is 10.8. The van der Waals surface area contributed by atoms with Crippen LogP contribution >= 0.6 is 0 Å². The number of likely N-dealkylation sites (tertiary alicyclic amines) is 1. The van der Waals surface area contributed by atoms with Crippen LogP contribution in [0.2, 0.25) is 0 Å². The number of aliphatic hydroxyl groups excluding tert-OH is 1. The lowest BCUT2D eigenvalue weighted by Crippen LogP contribution is -2.45. The molecule has 1 aromatic rings. The van der Waals surface area contributed by atoms with Crippen molar-refractivity contribution in [2.75, 3.05) is 33.3 Å². The standard InChI is InChI=1S/C24H31N5O4/c1-3-25-23(32)28-8-6-24(15-28)7-9-29-21(24)12-19(26-29)17-10-16-11-18(33-14-22(30)31)4-5-20(16)27(2)13-17/h4-5,10-13,20,23,25,32H,3,6-9,14-15H2,1-2H3,(H,30,31). The molecule has 3 N–H and O–H groups in total. The number of hydrogen-bond acceptors (Lipinski definition) is 7. The average Bonchev–Trinajstić information content (AvgIpc) is 3.49. The number of nitrogens with zero attached hydrogens (tertiary/aromatic N) is 4. The highest BCUT2D eigenvalue weighted by atomic mass is 16.5. The van der Waals surface area contributed by atoms with Crippen molar-refractivity contribution >= 4 is 11.5 Å². The number of aryl methyl sites for hydroxylation is 1. The van der Waals surface area contributed by atoms with Crippen molar-refractivity contribution in [3.8, 4) is 0 Å². The Bertz CT molecular complexity index is 1070. The lowest BCUT2D eigenvalue weighted by atomic mass is 9.82. The zero-order chi connectivity index (χ0) is 23.2. The predicted octanol–water partition coefficient (Wildman–Crippen LogP) is 1.25. The minimum absolute atomic E-state index is 0.0315. The van der Waals surface area contributed by atoms with E-state index in [1.807, 2.05) is 32.2 Å². The highest BCUT2D eigenvalue weighted by Crippen LogP contribution is 2.44. The molecule has 9 heteroatoms. The molecule has 1 saturated heterocycles. The van der Waals surface area contributed by atoms with Crippen LogP contribution in [0.3, 0.4) is 0 Å². The summed E-state index contributed by atoms with van der Waals surface area (Å²) in [6.45, 7) is 4.95. The van der Waals surface area contributed by atoms with Crippen LogP contribution in [0.25, 0.3) is 5.57 Å². The third kappa shape index (κ3) is 4.01. The molecule has 33 heavy (non-hydrogen) atoms. The maximum Gasteiger partial charge on any atom is 0.341 e. The van der Waals surface area contributed by atoms with Crippen molar-refractivity contribution in [3.63, 3.8) is 0 Å². The summed E-state index contributed by atoms with van der Waals surface area (Å²) in [7, 11) is 2.03. The fraction of sp³-hybridized carbons (Fsp3) is 0.500. The summed E-state index contributed by atoms with van der Waals surface area (Å²) in [6, 6.07) is 2.29. The van der Waals surface area contributed by atoms with Crippen LogP contribution in [-0.2, 0) is 21.5 Å². The molecule has 5 rings (SSSR count). The summed E-state index contributed by atoms with van der Waals surface area (Å²) < 4.78 is 7.50. The zero-order valence-electron chi connectivity index (χ0n) is 19.1. The number of ether oxygens (including phenoxy) is 1. The van der Waals surface area contributed by atoms with Gasteiger partial charge in [0.1, 0.15) is 5.76 Å². The number of carboxylic acid groups (broad SMARTS) is 1. The number of hydrogen-bond donors (Lipinski definition) is 3. The third-order valence-electron chi connectivity index (χ3n) is 7.10. The summed E-state index contributed by atoms with van der Waals surface area (Å²) in [6.07, 6.45) is 11.4. The first-order valence-corrected chi connectivity index (χ1v) is 11.5. The number of likely N-dealkylation sites (N-methyl/N-ethyl adjacent to an activating group) is 1. The first-order chi connectivity index (χ1) is 15.9. The number of aliphatic hydroxyl groups is 1. The second kappa shape index (κ2) is 8.48. The molecule has 1 aromatic heterocycles. The van der Waals surface area contributed by atoms with Gasteiger partial charge in [0, 0.05) is 49.6 Å². The van der Waals surface area contributed by atoms with E-state index in [1.54, 1.807) is 0 Å². The summed E-state index contributed by atoms with van der Waals surface area (Å²) in [5.74, 6) is -0.446. The van der Waals surface area contributed by atoms with Crippen molar-refractivity contribution < 1.29 is 19.7 Å². The van der Waals surface area contributed by atoms with Gasteiger partial charge in [-0.3, -0.25) is 14.9 Å². The first-order valence-electron chi connectivity index (χ1n) is 11.5. The topological polar surface area (TPSA) is 103 Å². The number of carboxylic acids is 1. The molecule has 1 spiro atoms. The van der Waals surface area contributed by atoms with E-state index < -0.39 is 12.3 Å². The Balaban J connectivity index is 1.38. The molecule has 176 valence electrons. The molecule has 0 saturated carbocycles. The van der Waals surface area contributed by atoms with Gasteiger partial charge in [0.05, 0.1) is 11.7 Å². The van der Waals surface area contributed by atoms with Crippen LogP contribution in [-0.4, -0.2) is 81.4 Å². The molecule has 4 heterocycles. The number of aromatic nitrogens is 2. The molecule has 3 unspecified atom stereocenters. The number of allylic oxidation sites excluding steroid dienone is 3. The van der Waals surface area contributed by atoms with Crippen LogP contribution in [0, 0.1) is 0 Å². The van der Waals surface area contributed by atoms with Crippen LogP contribution in [0.5, 0.6) is 0 Å². The molecular weight excluding hydrogens is 422 g/mol. The van der Waals surface area contributed by atoms with Crippen LogP contribution in [0.4, 0.5) is 0 Å². The van der Waals surface area contributed by atoms with E-state index in [0.717, 1.165) is 55.9 Å². The molecule has 0 radical (unpaired) electrons. The highest BCUT2D eigenvalue weighted by Gasteiger charge is 2.47. The molecule has 1 aliphatic carbocycles. The van der Waals surface area contributed by atoms with Gasteiger partial charge in [-0.25, -0.2) is 4.79 Å². The number of rotatable bonds is 7. The fourth-order valence-electron chi connectivity index (χ4n) is 5.43. The minimum Gasteiger partial charge on any atom is -0.482 e. The molecule has 1 fully saturated rings. The Labute approximate surface area is 193 Å². The van der Waals surface area contributed by atoms with Gasteiger partial charge in [-0.2, -0.15) is 5.10 Å². The first kappa shape index (κ1) is 21.9. The van der Waals surface area contributed by atoms with Gasteiger partial charge in [-0.05, 0) is 49.3 Å². The van der Waals surface area contributed by atoms with Gasteiger partial charge >= 0.3 is 5.97 Å². The summed E-state index contributed by atoms with van der Waals surface area (Å²) in [5, 5.41) is 27.3. The Hall–Kier alpha value is -2.88. The Morgan fingerprint density at radius 1 is 1.36 bits per heavy atom. The van der Waals surface area contributed by atoms with Crippen LogP contribution < -0.4 is 5.32 Å². The summed E-state index contributed by atoms with van der Waals surface area (Å²) in [5.41, 5.74) is 4.28. The normalized spacial score (nSPS) is 27.2. The zero-order valence-corrected chi connectivity index (χ0v) is 19.1. The van der Waals surface area contributed by atoms with E-state index in [-0.39, 0.29) is 18.1 Å². The smallest absolute Gasteiger partial charge is 0.341 e. The Morgan fingerprint density at radius 2 is 2.18 bits per heavy atom. The van der Waals surface area contributed by atoms with Crippen LogP contribution in [0.15, 0.2) is 47.9 Å². The molecule has 0 bridgehead atoms. The van der Waals surface area contributed by atoms with E-state index in [4.69, 9.17) is 14.9 Å². The Kier molecular flexibility index (Phi) is 5.64. The highest BCUT2D eigenvalue weighted by molar-refractivity contribution is 5.76. The second-order valence-corrected chi connectivity index (χ2v) is 9.25. The van der Waals surface area contributed by atoms with Gasteiger partial charge in [-0.15, -0.1) is 0 Å². The number of nitrogens with one attached hydrogen (secondary N) is 1. The van der Waals surface area contributed by atoms with Crippen molar-refractivity contribution in [2.45, 2.75) is 44.1 Å². The minimum atomic E-state index is -0.994. The SMILES string of the molecule is CCNC(O)N1CCC2(CCn3nc(C4=CN(C)C5C=CC(OCC(=O)O)=CC5=C4)cc32)C1. The monoisotopic (exact) mass is 453 g/mol. The average molecular weight is 454 g/mol. The third-order valence-corrected chi connectivity index (χ3v) is 7.10. The van der Waals surface area contributed by atoms with Gasteiger partial charge in [0.25, 0.3) is 0 Å². The molecule has 0 aromatic carbocycles. The predicted molar refractivity (Wildman–Crippen MR) is 123 cm³/mol. The van der Waals surface area contributed by atoms with Gasteiger partial charge < -0.3 is 19.8 Å². The van der Waals surface area contributed by atoms with E-state index in [9.17, 15) is 9.90 Å². The van der Waals surface area contributed by atoms with Crippen molar-refractivity contribution in [1.29, 1.82) is 0 Å². The van der Waals surface area contributed by atoms with E-state index in [0.29, 0.717) is 5.76 Å². The van der Waals surface area contributed by atoms with Crippen molar-refractivity contribution in [1.82, 2.24) is 24.9 Å². The summed E-state index contributed by atoms with van der Waals surface area (Å²) >= 11 is 0. The van der Waals surface area contributed by atoms with Gasteiger partial charge in [0.15, 0.2) is 13.0 Å².